The predicted molar refractivity (Wildman–Crippen MR) is 103 cm³/mol. The largest absolute Gasteiger partial charge is 0.399 e. The van der Waals surface area contributed by atoms with Crippen LogP contribution in [-0.2, 0) is 0 Å². The number of carbonyl (C=O) groups is 2. The Morgan fingerprint density at radius 2 is 1.00 bits per heavy atom. The van der Waals surface area contributed by atoms with Gasteiger partial charge in [-0.2, -0.15) is 0 Å². The Labute approximate surface area is 150 Å². The van der Waals surface area contributed by atoms with Gasteiger partial charge in [0.15, 0.2) is 0 Å². The van der Waals surface area contributed by atoms with Crippen molar-refractivity contribution in [1.29, 1.82) is 0 Å². The summed E-state index contributed by atoms with van der Waals surface area (Å²) in [6.45, 7) is 0. The molecule has 0 unspecified atom stereocenters. The van der Waals surface area contributed by atoms with Crippen LogP contribution < -0.4 is 22.9 Å². The third-order valence-corrected chi connectivity index (χ3v) is 4.09. The third kappa shape index (κ3) is 3.08. The van der Waals surface area contributed by atoms with Crippen molar-refractivity contribution in [3.8, 4) is 22.3 Å². The fraction of sp³-hybridized carbons (Fsp3) is 0. The van der Waals surface area contributed by atoms with Crippen LogP contribution in [0.2, 0.25) is 0 Å². The van der Waals surface area contributed by atoms with E-state index in [1.807, 2.05) is 0 Å². The van der Waals surface area contributed by atoms with Crippen molar-refractivity contribution in [1.82, 2.24) is 0 Å². The highest BCUT2D eigenvalue weighted by molar-refractivity contribution is 6.10. The van der Waals surface area contributed by atoms with Crippen LogP contribution in [0.4, 0.5) is 11.4 Å². The predicted octanol–water partition coefficient (Wildman–Crippen LogP) is 2.38. The number of nitrogens with two attached hydrogens (primary N) is 4. The minimum Gasteiger partial charge on any atom is -0.399 e. The highest BCUT2D eigenvalue weighted by atomic mass is 16.1. The van der Waals surface area contributed by atoms with Crippen LogP contribution in [-0.4, -0.2) is 11.8 Å². The Balaban J connectivity index is 2.47. The lowest BCUT2D eigenvalue weighted by atomic mass is 9.86. The quantitative estimate of drug-likeness (QED) is 0.539. The summed E-state index contributed by atoms with van der Waals surface area (Å²) in [4.78, 5) is 24.1. The molecular weight excluding hydrogens is 328 g/mol. The number of primary amides is 2. The molecule has 2 amide bonds. The molecule has 3 rings (SSSR count). The van der Waals surface area contributed by atoms with Gasteiger partial charge in [0.2, 0.25) is 11.8 Å². The van der Waals surface area contributed by atoms with Crippen LogP contribution in [0.25, 0.3) is 22.3 Å². The standard InChI is InChI=1S/C20H18N4O2/c21-13-5-1-3-11(9-13)17-15(19(23)25)7-8-16(20(24)26)18(17)12-4-2-6-14(22)10-12/h1-10H,21-22H2,(H2,23,25)(H2,24,26). The van der Waals surface area contributed by atoms with E-state index in [2.05, 4.69) is 0 Å². The van der Waals surface area contributed by atoms with Gasteiger partial charge in [-0.1, -0.05) is 24.3 Å². The molecule has 3 aromatic carbocycles. The lowest BCUT2D eigenvalue weighted by Crippen LogP contribution is -2.17. The van der Waals surface area contributed by atoms with E-state index in [0.717, 1.165) is 0 Å². The molecule has 130 valence electrons. The number of hydrogen-bond donors (Lipinski definition) is 4. The second-order valence-electron chi connectivity index (χ2n) is 5.89. The molecule has 0 radical (unpaired) electrons. The minimum atomic E-state index is -0.622. The number of benzene rings is 3. The van der Waals surface area contributed by atoms with E-state index in [1.165, 1.54) is 12.1 Å². The third-order valence-electron chi connectivity index (χ3n) is 4.09. The SMILES string of the molecule is NC(=O)c1ccc(C(N)=O)c(-c2cccc(N)c2)c1-c1cccc(N)c1. The summed E-state index contributed by atoms with van der Waals surface area (Å²) in [5.41, 5.74) is 26.8. The molecule has 6 heteroatoms. The Morgan fingerprint density at radius 3 is 1.31 bits per heavy atom. The first kappa shape index (κ1) is 17.0. The Hall–Kier alpha value is -3.80. The zero-order valence-corrected chi connectivity index (χ0v) is 13.9. The number of rotatable bonds is 4. The Bertz CT molecular complexity index is 946. The van der Waals surface area contributed by atoms with E-state index in [4.69, 9.17) is 22.9 Å². The molecular formula is C20H18N4O2. The minimum absolute atomic E-state index is 0.262. The summed E-state index contributed by atoms with van der Waals surface area (Å²) >= 11 is 0. The van der Waals surface area contributed by atoms with E-state index < -0.39 is 11.8 Å². The molecule has 8 N–H and O–H groups in total. The molecule has 0 fully saturated rings. The van der Waals surface area contributed by atoms with Gasteiger partial charge in [-0.05, 0) is 47.5 Å². The van der Waals surface area contributed by atoms with Gasteiger partial charge in [-0.25, -0.2) is 0 Å². The maximum Gasteiger partial charge on any atom is 0.249 e. The fourth-order valence-corrected chi connectivity index (χ4v) is 3.00. The second-order valence-corrected chi connectivity index (χ2v) is 5.89. The van der Waals surface area contributed by atoms with Crippen molar-refractivity contribution in [2.75, 3.05) is 11.5 Å². The van der Waals surface area contributed by atoms with Gasteiger partial charge in [0.1, 0.15) is 0 Å². The van der Waals surface area contributed by atoms with E-state index in [9.17, 15) is 9.59 Å². The molecule has 0 aliphatic rings. The van der Waals surface area contributed by atoms with Crippen molar-refractivity contribution < 1.29 is 9.59 Å². The molecule has 0 aliphatic heterocycles. The maximum atomic E-state index is 12.1. The van der Waals surface area contributed by atoms with Gasteiger partial charge in [0.05, 0.1) is 0 Å². The smallest absolute Gasteiger partial charge is 0.249 e. The average molecular weight is 346 g/mol. The zero-order chi connectivity index (χ0) is 18.8. The van der Waals surface area contributed by atoms with Crippen molar-refractivity contribution in [3.05, 3.63) is 71.8 Å². The molecule has 0 aromatic heterocycles. The Kier molecular flexibility index (Phi) is 4.33. The van der Waals surface area contributed by atoms with Crippen molar-refractivity contribution in [2.24, 2.45) is 11.5 Å². The van der Waals surface area contributed by atoms with Gasteiger partial charge in [-0.3, -0.25) is 9.59 Å². The number of hydrogen-bond acceptors (Lipinski definition) is 4. The molecule has 0 bridgehead atoms. The van der Waals surface area contributed by atoms with Gasteiger partial charge in [0, 0.05) is 33.6 Å². The van der Waals surface area contributed by atoms with Crippen molar-refractivity contribution in [2.45, 2.75) is 0 Å². The zero-order valence-electron chi connectivity index (χ0n) is 13.9. The summed E-state index contributed by atoms with van der Waals surface area (Å²) in [5.74, 6) is -1.24. The van der Waals surface area contributed by atoms with Gasteiger partial charge < -0.3 is 22.9 Å². The summed E-state index contributed by atoms with van der Waals surface area (Å²) in [6.07, 6.45) is 0. The number of nitrogen functional groups attached to an aromatic ring is 2. The van der Waals surface area contributed by atoms with E-state index in [0.29, 0.717) is 33.6 Å². The van der Waals surface area contributed by atoms with E-state index in [1.54, 1.807) is 48.5 Å². The number of amides is 2. The van der Waals surface area contributed by atoms with Crippen LogP contribution in [0.1, 0.15) is 20.7 Å². The van der Waals surface area contributed by atoms with Gasteiger partial charge in [-0.15, -0.1) is 0 Å². The summed E-state index contributed by atoms with van der Waals surface area (Å²) in [7, 11) is 0. The molecule has 0 saturated heterocycles. The summed E-state index contributed by atoms with van der Waals surface area (Å²) in [5, 5.41) is 0. The molecule has 0 heterocycles. The van der Waals surface area contributed by atoms with Gasteiger partial charge >= 0.3 is 0 Å². The van der Waals surface area contributed by atoms with E-state index >= 15 is 0 Å². The monoisotopic (exact) mass is 346 g/mol. The number of carbonyl (C=O) groups excluding carboxylic acids is 2. The van der Waals surface area contributed by atoms with Crippen LogP contribution >= 0.6 is 0 Å². The average Bonchev–Trinajstić information content (AvgIpc) is 2.60. The lowest BCUT2D eigenvalue weighted by molar-refractivity contribution is 0.0989. The first-order valence-corrected chi connectivity index (χ1v) is 7.87. The molecule has 0 saturated carbocycles. The van der Waals surface area contributed by atoms with E-state index in [-0.39, 0.29) is 11.1 Å². The second kappa shape index (κ2) is 6.60. The Morgan fingerprint density at radius 1 is 0.615 bits per heavy atom. The maximum absolute atomic E-state index is 12.1. The molecule has 0 aliphatic carbocycles. The lowest BCUT2D eigenvalue weighted by Gasteiger charge is -2.18. The summed E-state index contributed by atoms with van der Waals surface area (Å²) < 4.78 is 0. The summed E-state index contributed by atoms with van der Waals surface area (Å²) in [6, 6.07) is 17.0. The highest BCUT2D eigenvalue weighted by Gasteiger charge is 2.22. The first-order chi connectivity index (χ1) is 12.4. The van der Waals surface area contributed by atoms with Gasteiger partial charge in [0.25, 0.3) is 0 Å². The highest BCUT2D eigenvalue weighted by Crippen LogP contribution is 2.38. The van der Waals surface area contributed by atoms with Crippen LogP contribution in [0.5, 0.6) is 0 Å². The first-order valence-electron chi connectivity index (χ1n) is 7.87. The number of anilines is 2. The molecule has 0 spiro atoms. The molecule has 0 atom stereocenters. The molecule has 3 aromatic rings. The molecule has 26 heavy (non-hydrogen) atoms. The van der Waals surface area contributed by atoms with Crippen LogP contribution in [0.15, 0.2) is 60.7 Å². The van der Waals surface area contributed by atoms with Crippen LogP contribution in [0.3, 0.4) is 0 Å². The topological polar surface area (TPSA) is 138 Å². The molecule has 6 nitrogen and oxygen atoms in total. The van der Waals surface area contributed by atoms with Crippen LogP contribution in [0, 0.1) is 0 Å². The fourth-order valence-electron chi connectivity index (χ4n) is 3.00. The van der Waals surface area contributed by atoms with Crippen molar-refractivity contribution >= 4 is 23.2 Å². The van der Waals surface area contributed by atoms with Crippen molar-refractivity contribution in [3.63, 3.8) is 0 Å². The normalized spacial score (nSPS) is 10.5.